The lowest BCUT2D eigenvalue weighted by Gasteiger charge is -2.01. The van der Waals surface area contributed by atoms with E-state index in [1.807, 2.05) is 0 Å². The molecule has 0 aliphatic rings. The summed E-state index contributed by atoms with van der Waals surface area (Å²) in [6.45, 7) is 1.74. The first-order valence-electron chi connectivity index (χ1n) is 4.98. The molecule has 84 valence electrons. The first-order valence-corrected chi connectivity index (χ1v) is 4.98. The van der Waals surface area contributed by atoms with Crippen molar-refractivity contribution in [2.24, 2.45) is 0 Å². The maximum atomic E-state index is 13.2. The number of terminal acetylenes is 1. The van der Waals surface area contributed by atoms with E-state index in [2.05, 4.69) is 5.92 Å². The summed E-state index contributed by atoms with van der Waals surface area (Å²) in [5.41, 5.74) is 1.66. The molecule has 0 unspecified atom stereocenters. The summed E-state index contributed by atoms with van der Waals surface area (Å²) in [6.07, 6.45) is 5.82. The molecule has 0 saturated carbocycles. The Morgan fingerprint density at radius 2 is 2.18 bits per heavy atom. The molecule has 0 N–H and O–H groups in total. The van der Waals surface area contributed by atoms with Crippen molar-refractivity contribution in [3.8, 4) is 23.5 Å². The minimum Gasteiger partial charge on any atom is -0.458 e. The van der Waals surface area contributed by atoms with Crippen molar-refractivity contribution in [3.05, 3.63) is 47.2 Å². The summed E-state index contributed by atoms with van der Waals surface area (Å²) in [7, 11) is 0. The van der Waals surface area contributed by atoms with Crippen LogP contribution in [0.2, 0.25) is 0 Å². The maximum absolute atomic E-state index is 13.2. The number of carbonyl (C=O) groups is 1. The van der Waals surface area contributed by atoms with E-state index in [9.17, 15) is 9.18 Å². The molecule has 3 heteroatoms. The van der Waals surface area contributed by atoms with Crippen LogP contribution in [0.25, 0.3) is 11.1 Å². The minimum absolute atomic E-state index is 0.191. The highest BCUT2D eigenvalue weighted by Crippen LogP contribution is 2.27. The van der Waals surface area contributed by atoms with Gasteiger partial charge in [-0.15, -0.1) is 6.42 Å². The molecule has 0 radical (unpaired) electrons. The summed E-state index contributed by atoms with van der Waals surface area (Å²) in [5.74, 6) is 2.67. The van der Waals surface area contributed by atoms with Gasteiger partial charge < -0.3 is 4.42 Å². The van der Waals surface area contributed by atoms with E-state index >= 15 is 0 Å². The van der Waals surface area contributed by atoms with Crippen LogP contribution < -0.4 is 0 Å². The SMILES string of the molecule is C#Cc1cc(-c2cc(C=O)oc2C)ccc1F. The number of furan rings is 1. The van der Waals surface area contributed by atoms with Crippen LogP contribution in [-0.4, -0.2) is 6.29 Å². The third kappa shape index (κ3) is 1.98. The molecule has 1 heterocycles. The van der Waals surface area contributed by atoms with E-state index in [0.717, 1.165) is 11.1 Å². The molecule has 0 fully saturated rings. The zero-order valence-electron chi connectivity index (χ0n) is 9.16. The first-order chi connectivity index (χ1) is 8.15. The van der Waals surface area contributed by atoms with Crippen molar-refractivity contribution in [2.75, 3.05) is 0 Å². The number of rotatable bonds is 2. The number of benzene rings is 1. The van der Waals surface area contributed by atoms with Crippen LogP contribution in [0, 0.1) is 25.1 Å². The molecule has 1 aromatic carbocycles. The van der Waals surface area contributed by atoms with Crippen LogP contribution in [-0.2, 0) is 0 Å². The monoisotopic (exact) mass is 228 g/mol. The number of aryl methyl sites for hydroxylation is 1. The first kappa shape index (κ1) is 11.2. The van der Waals surface area contributed by atoms with E-state index in [-0.39, 0.29) is 11.3 Å². The maximum Gasteiger partial charge on any atom is 0.185 e. The van der Waals surface area contributed by atoms with E-state index < -0.39 is 5.82 Å². The van der Waals surface area contributed by atoms with Crippen molar-refractivity contribution in [3.63, 3.8) is 0 Å². The molecule has 0 atom stereocenters. The molecule has 2 rings (SSSR count). The Kier molecular flexibility index (Phi) is 2.80. The summed E-state index contributed by atoms with van der Waals surface area (Å²) in [4.78, 5) is 10.6. The topological polar surface area (TPSA) is 30.2 Å². The average Bonchev–Trinajstić information content (AvgIpc) is 2.71. The van der Waals surface area contributed by atoms with E-state index in [0.29, 0.717) is 12.0 Å². The fourth-order valence-corrected chi connectivity index (χ4v) is 1.65. The summed E-state index contributed by atoms with van der Waals surface area (Å²) >= 11 is 0. The van der Waals surface area contributed by atoms with Crippen molar-refractivity contribution >= 4 is 6.29 Å². The molecular weight excluding hydrogens is 219 g/mol. The van der Waals surface area contributed by atoms with Crippen LogP contribution in [0.3, 0.4) is 0 Å². The lowest BCUT2D eigenvalue weighted by atomic mass is 10.0. The normalized spacial score (nSPS) is 9.94. The zero-order valence-corrected chi connectivity index (χ0v) is 9.16. The van der Waals surface area contributed by atoms with Gasteiger partial charge in [0, 0.05) is 5.56 Å². The van der Waals surface area contributed by atoms with Crippen molar-refractivity contribution in [1.29, 1.82) is 0 Å². The number of hydrogen-bond donors (Lipinski definition) is 0. The van der Waals surface area contributed by atoms with Gasteiger partial charge in [0.05, 0.1) is 5.56 Å². The van der Waals surface area contributed by atoms with Gasteiger partial charge in [0.25, 0.3) is 0 Å². The Hall–Kier alpha value is -2.34. The molecule has 0 bridgehead atoms. The lowest BCUT2D eigenvalue weighted by molar-refractivity contribution is 0.109. The highest BCUT2D eigenvalue weighted by molar-refractivity contribution is 5.77. The van der Waals surface area contributed by atoms with Gasteiger partial charge in [0.15, 0.2) is 12.0 Å². The van der Waals surface area contributed by atoms with Crippen molar-refractivity contribution in [2.45, 2.75) is 6.92 Å². The standard InChI is InChI=1S/C14H9FO2/c1-3-10-6-11(4-5-14(10)15)13-7-12(8-16)17-9(13)2/h1,4-8H,2H3. The van der Waals surface area contributed by atoms with Crippen molar-refractivity contribution < 1.29 is 13.6 Å². The second kappa shape index (κ2) is 4.26. The van der Waals surface area contributed by atoms with Gasteiger partial charge in [0.1, 0.15) is 11.6 Å². The summed E-state index contributed by atoms with van der Waals surface area (Å²) in [5, 5.41) is 0. The molecule has 0 aliphatic heterocycles. The average molecular weight is 228 g/mol. The number of carbonyl (C=O) groups excluding carboxylic acids is 1. The van der Waals surface area contributed by atoms with E-state index in [4.69, 9.17) is 10.8 Å². The number of halogens is 1. The summed E-state index contributed by atoms with van der Waals surface area (Å²) in [6, 6.07) is 6.07. The van der Waals surface area contributed by atoms with Gasteiger partial charge >= 0.3 is 0 Å². The Balaban J connectivity index is 2.57. The Morgan fingerprint density at radius 3 is 2.76 bits per heavy atom. The second-order valence-electron chi connectivity index (χ2n) is 3.58. The highest BCUT2D eigenvalue weighted by Gasteiger charge is 2.10. The van der Waals surface area contributed by atoms with Gasteiger partial charge in [-0.25, -0.2) is 4.39 Å². The van der Waals surface area contributed by atoms with Gasteiger partial charge in [-0.1, -0.05) is 12.0 Å². The van der Waals surface area contributed by atoms with Gasteiger partial charge in [0.2, 0.25) is 0 Å². The molecular formula is C14H9FO2. The Morgan fingerprint density at radius 1 is 1.41 bits per heavy atom. The predicted molar refractivity (Wildman–Crippen MR) is 62.2 cm³/mol. The van der Waals surface area contributed by atoms with Gasteiger partial charge in [-0.2, -0.15) is 0 Å². The fraction of sp³-hybridized carbons (Fsp3) is 0.0714. The van der Waals surface area contributed by atoms with E-state index in [1.165, 1.54) is 6.07 Å². The summed E-state index contributed by atoms with van der Waals surface area (Å²) < 4.78 is 18.4. The van der Waals surface area contributed by atoms with Crippen LogP contribution in [0.15, 0.2) is 28.7 Å². The quantitative estimate of drug-likeness (QED) is 0.583. The van der Waals surface area contributed by atoms with Crippen LogP contribution in [0.4, 0.5) is 4.39 Å². The smallest absolute Gasteiger partial charge is 0.185 e. The van der Waals surface area contributed by atoms with Crippen LogP contribution in [0.1, 0.15) is 21.9 Å². The lowest BCUT2D eigenvalue weighted by Crippen LogP contribution is -1.85. The fourth-order valence-electron chi connectivity index (χ4n) is 1.65. The number of hydrogen-bond acceptors (Lipinski definition) is 2. The third-order valence-corrected chi connectivity index (χ3v) is 2.49. The Labute approximate surface area is 98.1 Å². The highest BCUT2D eigenvalue weighted by atomic mass is 19.1. The Bertz CT molecular complexity index is 618. The molecule has 0 aliphatic carbocycles. The molecule has 0 saturated heterocycles. The van der Waals surface area contributed by atoms with Crippen LogP contribution >= 0.6 is 0 Å². The molecule has 17 heavy (non-hydrogen) atoms. The largest absolute Gasteiger partial charge is 0.458 e. The van der Waals surface area contributed by atoms with Crippen LogP contribution in [0.5, 0.6) is 0 Å². The second-order valence-corrected chi connectivity index (χ2v) is 3.58. The molecule has 1 aromatic heterocycles. The predicted octanol–water partition coefficient (Wildman–Crippen LogP) is 3.19. The molecule has 0 spiro atoms. The number of aldehydes is 1. The van der Waals surface area contributed by atoms with E-state index in [1.54, 1.807) is 25.1 Å². The third-order valence-electron chi connectivity index (χ3n) is 2.49. The van der Waals surface area contributed by atoms with Gasteiger partial charge in [-0.05, 0) is 30.7 Å². The molecule has 0 amide bonds. The zero-order chi connectivity index (χ0) is 12.4. The van der Waals surface area contributed by atoms with Crippen molar-refractivity contribution in [1.82, 2.24) is 0 Å². The van der Waals surface area contributed by atoms with Gasteiger partial charge in [-0.3, -0.25) is 4.79 Å². The molecule has 2 nitrogen and oxygen atoms in total. The molecule has 2 aromatic rings. The minimum atomic E-state index is -0.437.